The van der Waals surface area contributed by atoms with Crippen LogP contribution in [0.25, 0.3) is 0 Å². The second kappa shape index (κ2) is 7.94. The van der Waals surface area contributed by atoms with Crippen LogP contribution < -0.4 is 14.8 Å². The lowest BCUT2D eigenvalue weighted by molar-refractivity contribution is 0.134. The van der Waals surface area contributed by atoms with Gasteiger partial charge in [0.05, 0.1) is 29.2 Å². The van der Waals surface area contributed by atoms with E-state index in [0.29, 0.717) is 36.8 Å². The average molecular weight is 384 g/mol. The molecule has 0 saturated carbocycles. The third kappa shape index (κ3) is 3.82. The van der Waals surface area contributed by atoms with Crippen LogP contribution >= 0.6 is 0 Å². The van der Waals surface area contributed by atoms with E-state index in [1.54, 1.807) is 29.5 Å². The summed E-state index contributed by atoms with van der Waals surface area (Å²) >= 11 is 0. The van der Waals surface area contributed by atoms with Crippen LogP contribution in [0.3, 0.4) is 0 Å². The number of cyclic esters (lactones) is 1. The summed E-state index contributed by atoms with van der Waals surface area (Å²) in [6.07, 6.45) is 4.73. The van der Waals surface area contributed by atoms with Crippen molar-refractivity contribution < 1.29 is 13.9 Å². The van der Waals surface area contributed by atoms with Crippen LogP contribution in [-0.2, 0) is 4.74 Å². The lowest BCUT2D eigenvalue weighted by atomic mass is 9.94. The number of hydrogen-bond acceptors (Lipinski definition) is 7. The number of carbonyl (C=O) groups excluding carboxylic acids is 1. The number of nitrogens with zero attached hydrogens (tertiary/aromatic N) is 6. The highest BCUT2D eigenvalue weighted by atomic mass is 19.1. The lowest BCUT2D eigenvalue weighted by Gasteiger charge is -2.33. The van der Waals surface area contributed by atoms with Crippen molar-refractivity contribution in [1.29, 1.82) is 5.26 Å². The van der Waals surface area contributed by atoms with Gasteiger partial charge in [-0.3, -0.25) is 4.90 Å². The van der Waals surface area contributed by atoms with Crippen molar-refractivity contribution in [3.63, 3.8) is 0 Å². The Morgan fingerprint density at radius 2 is 2.18 bits per heavy atom. The maximum absolute atomic E-state index is 14.8. The molecule has 0 N–H and O–H groups in total. The molecule has 1 atom stereocenters. The van der Waals surface area contributed by atoms with Crippen LogP contribution in [0.2, 0.25) is 0 Å². The summed E-state index contributed by atoms with van der Waals surface area (Å²) in [6.45, 7) is 2.19. The molecule has 8 nitrogen and oxygen atoms in total. The van der Waals surface area contributed by atoms with Gasteiger partial charge in [0.1, 0.15) is 12.0 Å². The van der Waals surface area contributed by atoms with Gasteiger partial charge < -0.3 is 9.64 Å². The first-order valence-corrected chi connectivity index (χ1v) is 9.37. The molecule has 9 heteroatoms. The standard InChI is InChI=1S/C19H21FN6O2/c20-17-11-15(1-2-18(17)24-8-4-14(3-6-21)5-9-24)26-13-16(28-19(26)27)12-25-10-7-22-23-25/h1-2,7,10-11,14,16H,3-5,8-9,12-13H2/q+1. The molecule has 1 aromatic carbocycles. The molecule has 0 bridgehead atoms. The molecule has 2 fully saturated rings. The predicted octanol–water partition coefficient (Wildman–Crippen LogP) is 3.27. The number of ether oxygens (including phenoxy) is 1. The van der Waals surface area contributed by atoms with E-state index < -0.39 is 6.09 Å². The normalized spacial score (nSPS) is 22.7. The molecule has 3 heterocycles. The van der Waals surface area contributed by atoms with E-state index in [1.807, 2.05) is 4.90 Å². The van der Waals surface area contributed by atoms with Crippen molar-refractivity contribution in [1.82, 2.24) is 5.01 Å². The number of carbonyl (C=O) groups is 1. The second-order valence-electron chi connectivity index (χ2n) is 7.17. The SMILES string of the molecule is N#CCC1CCN(c2ccc(N3CC(C[N+]4C=CN=N4)OC3=O)cc2F)CC1. The van der Waals surface area contributed by atoms with Crippen molar-refractivity contribution in [2.75, 3.05) is 36.0 Å². The van der Waals surface area contributed by atoms with Crippen molar-refractivity contribution in [3.05, 3.63) is 36.4 Å². The number of rotatable bonds is 5. The molecule has 28 heavy (non-hydrogen) atoms. The highest BCUT2D eigenvalue weighted by molar-refractivity contribution is 5.90. The Hall–Kier alpha value is -2.99. The fraction of sp³-hybridized carbons (Fsp3) is 0.474. The molecule has 1 aromatic rings. The molecule has 2 saturated heterocycles. The molecule has 3 aliphatic heterocycles. The third-order valence-corrected chi connectivity index (χ3v) is 5.31. The predicted molar refractivity (Wildman–Crippen MR) is 100 cm³/mol. The Balaban J connectivity index is 1.40. The monoisotopic (exact) mass is 384 g/mol. The summed E-state index contributed by atoms with van der Waals surface area (Å²) in [5, 5.41) is 18.0. The maximum Gasteiger partial charge on any atom is 0.414 e. The minimum absolute atomic E-state index is 0.330. The molecule has 1 unspecified atom stereocenters. The summed E-state index contributed by atoms with van der Waals surface area (Å²) in [5.74, 6) is 0.0358. The van der Waals surface area contributed by atoms with Crippen LogP contribution in [0.4, 0.5) is 20.6 Å². The minimum atomic E-state index is -0.491. The molecule has 145 valence electrons. The molecule has 0 aliphatic carbocycles. The Kier molecular flexibility index (Phi) is 5.21. The topological polar surface area (TPSA) is 87.2 Å². The van der Waals surface area contributed by atoms with Crippen LogP contribution in [0, 0.1) is 23.1 Å². The van der Waals surface area contributed by atoms with Gasteiger partial charge in [-0.2, -0.15) is 5.26 Å². The zero-order valence-corrected chi connectivity index (χ0v) is 15.4. The van der Waals surface area contributed by atoms with Gasteiger partial charge in [-0.15, -0.1) is 0 Å². The van der Waals surface area contributed by atoms with E-state index in [-0.39, 0.29) is 11.9 Å². The van der Waals surface area contributed by atoms with Gasteiger partial charge >= 0.3 is 6.09 Å². The first kappa shape index (κ1) is 18.4. The van der Waals surface area contributed by atoms with E-state index in [1.165, 1.54) is 11.0 Å². The zero-order chi connectivity index (χ0) is 19.5. The Morgan fingerprint density at radius 1 is 1.36 bits per heavy atom. The first-order valence-electron chi connectivity index (χ1n) is 9.37. The molecule has 4 rings (SSSR count). The van der Waals surface area contributed by atoms with E-state index in [9.17, 15) is 9.18 Å². The summed E-state index contributed by atoms with van der Waals surface area (Å²) < 4.78 is 20.1. The number of halogens is 1. The van der Waals surface area contributed by atoms with Crippen LogP contribution in [-0.4, -0.2) is 38.4 Å². The van der Waals surface area contributed by atoms with E-state index >= 15 is 0 Å². The van der Waals surface area contributed by atoms with Crippen molar-refractivity contribution in [2.45, 2.75) is 25.4 Å². The quantitative estimate of drug-likeness (QED) is 0.729. The number of nitriles is 1. The molecule has 0 aromatic heterocycles. The minimum Gasteiger partial charge on any atom is -0.438 e. The number of amides is 1. The number of anilines is 2. The molecule has 1 amide bonds. The lowest BCUT2D eigenvalue weighted by Crippen LogP contribution is -2.34. The van der Waals surface area contributed by atoms with E-state index in [4.69, 9.17) is 10.00 Å². The van der Waals surface area contributed by atoms with Gasteiger partial charge in [0.25, 0.3) is 0 Å². The van der Waals surface area contributed by atoms with Crippen molar-refractivity contribution in [2.24, 2.45) is 16.3 Å². The summed E-state index contributed by atoms with van der Waals surface area (Å²) in [7, 11) is 0. The molecule has 1 radical (unpaired) electrons. The van der Waals surface area contributed by atoms with E-state index in [2.05, 4.69) is 16.4 Å². The highest BCUT2D eigenvalue weighted by Crippen LogP contribution is 2.31. The molecular formula is C19H21FN6O2+. The van der Waals surface area contributed by atoms with Gasteiger partial charge in [-0.05, 0) is 37.0 Å². The second-order valence-corrected chi connectivity index (χ2v) is 7.17. The molecule has 3 aliphatic rings. The van der Waals surface area contributed by atoms with Gasteiger partial charge in [0, 0.05) is 24.5 Å². The fourth-order valence-corrected chi connectivity index (χ4v) is 3.79. The summed E-state index contributed by atoms with van der Waals surface area (Å²) in [5.41, 5.74) is 1.01. The van der Waals surface area contributed by atoms with E-state index in [0.717, 1.165) is 25.9 Å². The van der Waals surface area contributed by atoms with Crippen LogP contribution in [0.15, 0.2) is 40.9 Å². The van der Waals surface area contributed by atoms with Crippen molar-refractivity contribution >= 4 is 17.5 Å². The zero-order valence-electron chi connectivity index (χ0n) is 15.4. The number of benzene rings is 1. The Morgan fingerprint density at radius 3 is 2.86 bits per heavy atom. The van der Waals surface area contributed by atoms with Gasteiger partial charge in [0.2, 0.25) is 0 Å². The molecule has 0 spiro atoms. The smallest absolute Gasteiger partial charge is 0.414 e. The third-order valence-electron chi connectivity index (χ3n) is 5.31. The summed E-state index contributed by atoms with van der Waals surface area (Å²) in [4.78, 5) is 15.6. The summed E-state index contributed by atoms with van der Waals surface area (Å²) in [6, 6.07) is 7.06. The maximum atomic E-state index is 14.8. The molecular weight excluding hydrogens is 363 g/mol. The van der Waals surface area contributed by atoms with Gasteiger partial charge in [-0.1, -0.05) is 5.11 Å². The van der Waals surface area contributed by atoms with Gasteiger partial charge in [-0.25, -0.2) is 9.18 Å². The van der Waals surface area contributed by atoms with Crippen LogP contribution in [0.1, 0.15) is 19.3 Å². The Labute approximate surface area is 162 Å². The average Bonchev–Trinajstić information content (AvgIpc) is 3.32. The Bertz CT molecular complexity index is 831. The van der Waals surface area contributed by atoms with Crippen molar-refractivity contribution in [3.8, 4) is 6.07 Å². The van der Waals surface area contributed by atoms with Crippen LogP contribution in [0.5, 0.6) is 0 Å². The van der Waals surface area contributed by atoms with Gasteiger partial charge in [0.15, 0.2) is 18.8 Å². The number of piperidine rings is 1. The fourth-order valence-electron chi connectivity index (χ4n) is 3.79. The first-order chi connectivity index (χ1) is 13.6. The highest BCUT2D eigenvalue weighted by Gasteiger charge is 2.37. The number of hydrogen-bond donors (Lipinski definition) is 0. The largest absolute Gasteiger partial charge is 0.438 e.